The summed E-state index contributed by atoms with van der Waals surface area (Å²) < 4.78 is 23.5. The third-order valence-electron chi connectivity index (χ3n) is 2.05. The minimum Gasteiger partial charge on any atom is -0.307 e. The van der Waals surface area contributed by atoms with Crippen LogP contribution in [0.5, 0.6) is 0 Å². The Labute approximate surface area is 91.9 Å². The van der Waals surface area contributed by atoms with Gasteiger partial charge in [-0.25, -0.2) is 13.4 Å². The zero-order valence-corrected chi connectivity index (χ0v) is 9.59. The predicted molar refractivity (Wildman–Crippen MR) is 58.4 cm³/mol. The van der Waals surface area contributed by atoms with Crippen molar-refractivity contribution in [3.63, 3.8) is 0 Å². The Hall–Kier alpha value is -1.07. The summed E-state index contributed by atoms with van der Waals surface area (Å²) in [5.74, 6) is -0.240. The molecule has 0 N–H and O–H groups in total. The van der Waals surface area contributed by atoms with E-state index in [1.165, 1.54) is 0 Å². The summed E-state index contributed by atoms with van der Waals surface area (Å²) >= 11 is 0. The number of pyridine rings is 1. The van der Waals surface area contributed by atoms with E-state index in [9.17, 15) is 8.42 Å². The van der Waals surface area contributed by atoms with Crippen LogP contribution in [-0.2, 0) is 14.8 Å². The van der Waals surface area contributed by atoms with E-state index >= 15 is 0 Å². The zero-order chi connectivity index (χ0) is 11.1. The van der Waals surface area contributed by atoms with Crippen molar-refractivity contribution in [3.05, 3.63) is 35.8 Å². The molecule has 2 heterocycles. The number of fused-ring (bicyclic) bond motifs is 1. The van der Waals surface area contributed by atoms with Crippen molar-refractivity contribution in [3.8, 4) is 0 Å². The molecule has 80 valence electrons. The average molecular weight is 245 g/mol. The molecule has 2 rings (SSSR count). The first kappa shape index (κ1) is 10.4. The van der Waals surface area contributed by atoms with E-state index in [-0.39, 0.29) is 5.75 Å². The third-order valence-corrected chi connectivity index (χ3v) is 3.02. The molecule has 0 unspecified atom stereocenters. The van der Waals surface area contributed by atoms with Gasteiger partial charge in [0.05, 0.1) is 5.69 Å². The molecule has 0 aliphatic heterocycles. The Balaban J connectivity index is 2.53. The van der Waals surface area contributed by atoms with Crippen LogP contribution in [0.3, 0.4) is 0 Å². The molecule has 0 bridgehead atoms. The van der Waals surface area contributed by atoms with Gasteiger partial charge in [0.25, 0.3) is 0 Å². The van der Waals surface area contributed by atoms with Crippen LogP contribution < -0.4 is 0 Å². The molecule has 2 aromatic rings. The van der Waals surface area contributed by atoms with Crippen molar-refractivity contribution < 1.29 is 8.42 Å². The number of aryl methyl sites for hydroxylation is 1. The van der Waals surface area contributed by atoms with Gasteiger partial charge < -0.3 is 4.40 Å². The zero-order valence-electron chi connectivity index (χ0n) is 8.01. The number of imidazole rings is 1. The van der Waals surface area contributed by atoms with Crippen molar-refractivity contribution in [1.29, 1.82) is 0 Å². The van der Waals surface area contributed by atoms with Gasteiger partial charge in [-0.2, -0.15) is 0 Å². The second-order valence-electron chi connectivity index (χ2n) is 3.34. The number of hydrogen-bond acceptors (Lipinski definition) is 3. The fourth-order valence-corrected chi connectivity index (χ4v) is 2.28. The third kappa shape index (κ3) is 2.30. The maximum absolute atomic E-state index is 10.9. The molecular formula is C9H9ClN2O2S. The number of aromatic nitrogens is 2. The highest BCUT2D eigenvalue weighted by Crippen LogP contribution is 2.13. The van der Waals surface area contributed by atoms with Crippen molar-refractivity contribution in [1.82, 2.24) is 9.38 Å². The topological polar surface area (TPSA) is 51.4 Å². The summed E-state index contributed by atoms with van der Waals surface area (Å²) in [5, 5.41) is 0. The van der Waals surface area contributed by atoms with E-state index in [4.69, 9.17) is 10.7 Å². The lowest BCUT2D eigenvalue weighted by Gasteiger charge is -1.93. The van der Waals surface area contributed by atoms with Crippen LogP contribution >= 0.6 is 10.7 Å². The Kier molecular flexibility index (Phi) is 2.44. The van der Waals surface area contributed by atoms with Crippen molar-refractivity contribution in [2.45, 2.75) is 12.7 Å². The van der Waals surface area contributed by atoms with E-state index in [0.29, 0.717) is 5.69 Å². The van der Waals surface area contributed by atoms with E-state index in [1.54, 1.807) is 10.6 Å². The summed E-state index contributed by atoms with van der Waals surface area (Å²) in [4.78, 5) is 4.20. The first-order valence-electron chi connectivity index (χ1n) is 4.31. The van der Waals surface area contributed by atoms with Crippen molar-refractivity contribution in [2.24, 2.45) is 0 Å². The molecule has 4 nitrogen and oxygen atoms in total. The van der Waals surface area contributed by atoms with Crippen LogP contribution in [0.4, 0.5) is 0 Å². The molecule has 0 saturated heterocycles. The molecule has 0 saturated carbocycles. The predicted octanol–water partition coefficient (Wildman–Crippen LogP) is 1.71. The smallest absolute Gasteiger partial charge is 0.238 e. The van der Waals surface area contributed by atoms with Gasteiger partial charge in [-0.3, -0.25) is 0 Å². The highest BCUT2D eigenvalue weighted by molar-refractivity contribution is 8.13. The van der Waals surface area contributed by atoms with Crippen LogP contribution in [-0.4, -0.2) is 17.8 Å². The SMILES string of the molecule is Cc1cccn2cc(CS(=O)(=O)Cl)nc12. The lowest BCUT2D eigenvalue weighted by Crippen LogP contribution is -1.94. The number of hydrogen-bond donors (Lipinski definition) is 0. The normalized spacial score (nSPS) is 12.1. The second kappa shape index (κ2) is 3.50. The minimum atomic E-state index is -3.54. The van der Waals surface area contributed by atoms with Gasteiger partial charge in [0, 0.05) is 23.1 Å². The highest BCUT2D eigenvalue weighted by atomic mass is 35.7. The van der Waals surface area contributed by atoms with Gasteiger partial charge in [-0.1, -0.05) is 6.07 Å². The van der Waals surface area contributed by atoms with Gasteiger partial charge in [-0.15, -0.1) is 0 Å². The largest absolute Gasteiger partial charge is 0.307 e. The summed E-state index contributed by atoms with van der Waals surface area (Å²) in [6.07, 6.45) is 3.49. The molecule has 0 radical (unpaired) electrons. The van der Waals surface area contributed by atoms with Crippen molar-refractivity contribution >= 4 is 25.4 Å². The molecule has 0 amide bonds. The minimum absolute atomic E-state index is 0.240. The Morgan fingerprint density at radius 3 is 2.87 bits per heavy atom. The van der Waals surface area contributed by atoms with Crippen LogP contribution in [0.2, 0.25) is 0 Å². The highest BCUT2D eigenvalue weighted by Gasteiger charge is 2.11. The molecule has 15 heavy (non-hydrogen) atoms. The summed E-state index contributed by atoms with van der Waals surface area (Å²) in [6, 6.07) is 3.80. The Morgan fingerprint density at radius 2 is 2.27 bits per heavy atom. The van der Waals surface area contributed by atoms with Gasteiger partial charge in [0.15, 0.2) is 0 Å². The number of rotatable bonds is 2. The first-order chi connectivity index (χ1) is 6.96. The van der Waals surface area contributed by atoms with Gasteiger partial charge >= 0.3 is 0 Å². The van der Waals surface area contributed by atoms with Crippen LogP contribution in [0.1, 0.15) is 11.3 Å². The van der Waals surface area contributed by atoms with Crippen LogP contribution in [0.25, 0.3) is 5.65 Å². The fourth-order valence-electron chi connectivity index (χ4n) is 1.45. The Bertz CT molecular complexity index is 604. The lowest BCUT2D eigenvalue weighted by molar-refractivity contribution is 0.608. The molecule has 0 spiro atoms. The molecular weight excluding hydrogens is 236 g/mol. The Morgan fingerprint density at radius 1 is 1.53 bits per heavy atom. The quantitative estimate of drug-likeness (QED) is 0.756. The standard InChI is InChI=1S/C9H9ClN2O2S/c1-7-3-2-4-12-5-8(11-9(7)12)6-15(10,13)14/h2-5H,6H2,1H3. The van der Waals surface area contributed by atoms with Crippen molar-refractivity contribution in [2.75, 3.05) is 0 Å². The van der Waals surface area contributed by atoms with Gasteiger partial charge in [0.1, 0.15) is 11.4 Å². The molecule has 0 fully saturated rings. The van der Waals surface area contributed by atoms with Gasteiger partial charge in [-0.05, 0) is 18.6 Å². The molecule has 2 aromatic heterocycles. The summed E-state index contributed by atoms with van der Waals surface area (Å²) in [6.45, 7) is 1.92. The maximum Gasteiger partial charge on any atom is 0.238 e. The maximum atomic E-state index is 10.9. The molecule has 0 aliphatic carbocycles. The van der Waals surface area contributed by atoms with E-state index in [2.05, 4.69) is 4.98 Å². The fraction of sp³-hybridized carbons (Fsp3) is 0.222. The van der Waals surface area contributed by atoms with Crippen LogP contribution in [0.15, 0.2) is 24.5 Å². The molecule has 6 heteroatoms. The van der Waals surface area contributed by atoms with E-state index in [1.807, 2.05) is 25.3 Å². The second-order valence-corrected chi connectivity index (χ2v) is 6.11. The molecule has 0 aromatic carbocycles. The first-order valence-corrected chi connectivity index (χ1v) is 6.79. The van der Waals surface area contributed by atoms with E-state index in [0.717, 1.165) is 11.2 Å². The van der Waals surface area contributed by atoms with Crippen LogP contribution in [0, 0.1) is 6.92 Å². The van der Waals surface area contributed by atoms with Gasteiger partial charge in [0.2, 0.25) is 9.05 Å². The molecule has 0 atom stereocenters. The lowest BCUT2D eigenvalue weighted by atomic mass is 10.3. The molecule has 0 aliphatic rings. The number of nitrogens with zero attached hydrogens (tertiary/aromatic N) is 2. The number of halogens is 1. The summed E-state index contributed by atoms with van der Waals surface area (Å²) in [7, 11) is 1.62. The van der Waals surface area contributed by atoms with E-state index < -0.39 is 9.05 Å². The monoisotopic (exact) mass is 244 g/mol. The summed E-state index contributed by atoms with van der Waals surface area (Å²) in [5.41, 5.74) is 2.21. The average Bonchev–Trinajstić information content (AvgIpc) is 2.45.